The van der Waals surface area contributed by atoms with Gasteiger partial charge in [0, 0.05) is 44.3 Å². The number of nitrogens with one attached hydrogen (secondary N) is 2. The molecule has 1 atom stereocenters. The van der Waals surface area contributed by atoms with Crippen LogP contribution in [-0.2, 0) is 19.2 Å². The van der Waals surface area contributed by atoms with Crippen molar-refractivity contribution in [2.24, 2.45) is 12.0 Å². The number of imidazole rings is 1. The zero-order valence-electron chi connectivity index (χ0n) is 17.3. The predicted molar refractivity (Wildman–Crippen MR) is 122 cm³/mol. The smallest absolute Gasteiger partial charge is 0.374 e. The lowest BCUT2D eigenvalue weighted by molar-refractivity contribution is -0.272. The molecule has 2 heterocycles. The molecule has 0 aliphatic heterocycles. The van der Waals surface area contributed by atoms with Crippen molar-refractivity contribution in [1.82, 2.24) is 25.2 Å². The van der Waals surface area contributed by atoms with Gasteiger partial charge in [-0.3, -0.25) is 0 Å². The lowest BCUT2D eigenvalue weighted by atomic mass is 9.97. The summed E-state index contributed by atoms with van der Waals surface area (Å²) in [4.78, 5) is 12.6. The van der Waals surface area contributed by atoms with Crippen molar-refractivity contribution in [1.29, 1.82) is 0 Å². The molecular weight excluding hydrogens is 532 g/mol. The van der Waals surface area contributed by atoms with Crippen molar-refractivity contribution in [2.75, 3.05) is 13.1 Å². The summed E-state index contributed by atoms with van der Waals surface area (Å²) in [5, 5.41) is 19.0. The summed E-state index contributed by atoms with van der Waals surface area (Å²) < 4.78 is 41.9. The molecule has 0 bridgehead atoms. The number of thiazole rings is 1. The van der Waals surface area contributed by atoms with E-state index in [1.807, 2.05) is 12.3 Å². The Labute approximate surface area is 195 Å². The van der Waals surface area contributed by atoms with Crippen LogP contribution in [0.3, 0.4) is 0 Å². The van der Waals surface area contributed by atoms with Gasteiger partial charge < -0.3 is 20.3 Å². The molecule has 0 aliphatic carbocycles. The maximum atomic E-state index is 13.6. The summed E-state index contributed by atoms with van der Waals surface area (Å²) in [7, 11) is 1.41. The summed E-state index contributed by atoms with van der Waals surface area (Å²) in [5.74, 6) is 0.234. The highest BCUT2D eigenvalue weighted by Gasteiger charge is 2.57. The number of aromatic nitrogens is 3. The average molecular weight is 560 g/mol. The van der Waals surface area contributed by atoms with Crippen LogP contribution in [0.1, 0.15) is 49.6 Å². The van der Waals surface area contributed by atoms with Gasteiger partial charge in [0.05, 0.1) is 12.2 Å². The third-order valence-corrected chi connectivity index (χ3v) is 5.17. The number of aliphatic hydroxyl groups is 1. The van der Waals surface area contributed by atoms with Crippen molar-refractivity contribution in [2.45, 2.75) is 51.4 Å². The van der Waals surface area contributed by atoms with Gasteiger partial charge in [0.25, 0.3) is 0 Å². The van der Waals surface area contributed by atoms with Gasteiger partial charge in [-0.1, -0.05) is 13.8 Å². The van der Waals surface area contributed by atoms with Crippen LogP contribution in [0.4, 0.5) is 13.2 Å². The van der Waals surface area contributed by atoms with Crippen molar-refractivity contribution in [3.05, 3.63) is 34.3 Å². The molecule has 0 saturated carbocycles. The van der Waals surface area contributed by atoms with Crippen LogP contribution < -0.4 is 10.6 Å². The largest absolute Gasteiger partial charge is 0.424 e. The first-order chi connectivity index (χ1) is 13.6. The molecular formula is C18H28F3IN6OS. The van der Waals surface area contributed by atoms with E-state index in [0.29, 0.717) is 25.0 Å². The summed E-state index contributed by atoms with van der Waals surface area (Å²) in [6.45, 7) is 6.68. The van der Waals surface area contributed by atoms with E-state index < -0.39 is 24.0 Å². The minimum absolute atomic E-state index is 0. The summed E-state index contributed by atoms with van der Waals surface area (Å²) in [6.07, 6.45) is -2.88. The van der Waals surface area contributed by atoms with Crippen LogP contribution in [0.15, 0.2) is 22.8 Å². The highest BCUT2D eigenvalue weighted by molar-refractivity contribution is 14.0. The van der Waals surface area contributed by atoms with Crippen molar-refractivity contribution < 1.29 is 18.3 Å². The number of hydrogen-bond donors (Lipinski definition) is 3. The van der Waals surface area contributed by atoms with E-state index in [4.69, 9.17) is 0 Å². The fraction of sp³-hybridized carbons (Fsp3) is 0.611. The van der Waals surface area contributed by atoms with E-state index in [0.717, 1.165) is 10.7 Å². The molecule has 170 valence electrons. The fourth-order valence-electron chi connectivity index (χ4n) is 2.66. The Morgan fingerprint density at radius 3 is 2.53 bits per heavy atom. The van der Waals surface area contributed by atoms with Crippen LogP contribution in [0.5, 0.6) is 0 Å². The monoisotopic (exact) mass is 560 g/mol. The Morgan fingerprint density at radius 1 is 1.33 bits per heavy atom. The van der Waals surface area contributed by atoms with E-state index >= 15 is 0 Å². The molecule has 0 saturated heterocycles. The van der Waals surface area contributed by atoms with Crippen LogP contribution in [0, 0.1) is 0 Å². The molecule has 12 heteroatoms. The molecule has 7 nitrogen and oxygen atoms in total. The number of guanidine groups is 1. The standard InChI is InChI=1S/C18H27F3N6OS.HI/c1-5-22-16(25-10-14-26-13(11-29-14)12(2)3)24-7-6-17(28,18(19,20)21)15-23-8-9-27(15)4;/h8-9,11-12,28H,5-7,10H2,1-4H3,(H2,22,24,25);1H. The zero-order chi connectivity index (χ0) is 21.7. The Morgan fingerprint density at radius 2 is 2.03 bits per heavy atom. The van der Waals surface area contributed by atoms with Gasteiger partial charge in [-0.25, -0.2) is 15.0 Å². The highest BCUT2D eigenvalue weighted by atomic mass is 127. The minimum Gasteiger partial charge on any atom is -0.374 e. The number of hydrogen-bond acceptors (Lipinski definition) is 5. The van der Waals surface area contributed by atoms with Gasteiger partial charge >= 0.3 is 6.18 Å². The van der Waals surface area contributed by atoms with Gasteiger partial charge in [0.2, 0.25) is 5.60 Å². The quantitative estimate of drug-likeness (QED) is 0.262. The molecule has 1 unspecified atom stereocenters. The van der Waals surface area contributed by atoms with E-state index in [9.17, 15) is 18.3 Å². The molecule has 0 fully saturated rings. The molecule has 2 aromatic rings. The van der Waals surface area contributed by atoms with E-state index in [1.165, 1.54) is 35.3 Å². The number of nitrogens with zero attached hydrogens (tertiary/aromatic N) is 4. The lowest BCUT2D eigenvalue weighted by Gasteiger charge is -2.30. The number of rotatable bonds is 8. The molecule has 0 spiro atoms. The Hall–Kier alpha value is -1.41. The second-order valence-corrected chi connectivity index (χ2v) is 7.86. The maximum absolute atomic E-state index is 13.6. The van der Waals surface area contributed by atoms with Crippen LogP contribution in [0.2, 0.25) is 0 Å². The van der Waals surface area contributed by atoms with Crippen LogP contribution >= 0.6 is 35.3 Å². The molecule has 2 aromatic heterocycles. The normalized spacial score (nSPS) is 14.4. The topological polar surface area (TPSA) is 87.4 Å². The van der Waals surface area contributed by atoms with Crippen molar-refractivity contribution in [3.63, 3.8) is 0 Å². The maximum Gasteiger partial charge on any atom is 0.424 e. The number of alkyl halides is 3. The lowest BCUT2D eigenvalue weighted by Crippen LogP contribution is -2.47. The first kappa shape index (κ1) is 26.6. The predicted octanol–water partition coefficient (Wildman–Crippen LogP) is 3.51. The second-order valence-electron chi connectivity index (χ2n) is 6.91. The Balaban J connectivity index is 0.00000450. The van der Waals surface area contributed by atoms with Gasteiger partial charge in [0.15, 0.2) is 5.96 Å². The molecule has 0 amide bonds. The molecule has 0 aliphatic rings. The molecule has 0 aromatic carbocycles. The average Bonchev–Trinajstić information content (AvgIpc) is 3.27. The Kier molecular flexibility index (Phi) is 10.0. The minimum atomic E-state index is -4.86. The Bertz CT molecular complexity index is 823. The zero-order valence-corrected chi connectivity index (χ0v) is 20.5. The summed E-state index contributed by atoms with van der Waals surface area (Å²) in [6, 6.07) is 0. The molecule has 0 radical (unpaired) electrons. The van der Waals surface area contributed by atoms with Gasteiger partial charge in [-0.05, 0) is 12.8 Å². The number of aliphatic imine (C=N–C) groups is 1. The number of aryl methyl sites for hydroxylation is 1. The van der Waals surface area contributed by atoms with Crippen molar-refractivity contribution in [3.8, 4) is 0 Å². The van der Waals surface area contributed by atoms with E-state index in [2.05, 4.69) is 39.4 Å². The molecule has 2 rings (SSSR count). The fourth-order valence-corrected chi connectivity index (χ4v) is 3.54. The third-order valence-electron chi connectivity index (χ3n) is 4.32. The molecule has 30 heavy (non-hydrogen) atoms. The van der Waals surface area contributed by atoms with E-state index in [-0.39, 0.29) is 30.5 Å². The first-order valence-corrected chi connectivity index (χ1v) is 10.2. The third kappa shape index (κ3) is 6.54. The SMILES string of the molecule is CCNC(=NCc1nc(C(C)C)cs1)NCCC(O)(c1nccn1C)C(F)(F)F.I. The summed E-state index contributed by atoms with van der Waals surface area (Å²) in [5.41, 5.74) is -2.07. The van der Waals surface area contributed by atoms with E-state index in [1.54, 1.807) is 0 Å². The van der Waals surface area contributed by atoms with Gasteiger partial charge in [0.1, 0.15) is 10.8 Å². The van der Waals surface area contributed by atoms with Gasteiger partial charge in [-0.2, -0.15) is 13.2 Å². The van der Waals surface area contributed by atoms with Crippen LogP contribution in [0.25, 0.3) is 0 Å². The van der Waals surface area contributed by atoms with Crippen molar-refractivity contribution >= 4 is 41.3 Å². The number of halogens is 4. The van der Waals surface area contributed by atoms with Gasteiger partial charge in [-0.15, -0.1) is 35.3 Å². The van der Waals surface area contributed by atoms with Crippen LogP contribution in [-0.4, -0.2) is 44.9 Å². The summed E-state index contributed by atoms with van der Waals surface area (Å²) >= 11 is 1.50. The first-order valence-electron chi connectivity index (χ1n) is 9.31. The molecule has 3 N–H and O–H groups in total. The second kappa shape index (κ2) is 11.3. The highest BCUT2D eigenvalue weighted by Crippen LogP contribution is 2.40.